The molecule has 1 N–H and O–H groups in total. The van der Waals surface area contributed by atoms with Gasteiger partial charge in [-0.25, -0.2) is 13.6 Å². The van der Waals surface area contributed by atoms with Crippen LogP contribution in [0.4, 0.5) is 8.78 Å². The van der Waals surface area contributed by atoms with Gasteiger partial charge in [-0.05, 0) is 24.5 Å². The predicted octanol–water partition coefficient (Wildman–Crippen LogP) is 3.60. The van der Waals surface area contributed by atoms with Crippen molar-refractivity contribution in [2.45, 2.75) is 33.1 Å². The number of halogens is 2. The Hall–Kier alpha value is -2.50. The van der Waals surface area contributed by atoms with E-state index in [1.54, 1.807) is 6.92 Å². The molecule has 0 fully saturated rings. The molecule has 0 aromatic heterocycles. The summed E-state index contributed by atoms with van der Waals surface area (Å²) < 4.78 is 34.0. The molecule has 3 rings (SSSR count). The monoisotopic (exact) mass is 361 g/mol. The van der Waals surface area contributed by atoms with Crippen molar-refractivity contribution in [3.8, 4) is 0 Å². The molecule has 1 aromatic carbocycles. The molecule has 2 aliphatic rings. The molecule has 4 nitrogen and oxygen atoms in total. The quantitative estimate of drug-likeness (QED) is 0.818. The Kier molecular flexibility index (Phi) is 4.46. The summed E-state index contributed by atoms with van der Waals surface area (Å²) >= 11 is 0. The first kappa shape index (κ1) is 18.3. The van der Waals surface area contributed by atoms with E-state index in [9.17, 15) is 18.4 Å². The maximum absolute atomic E-state index is 14.6. The molecule has 0 saturated carbocycles. The molecule has 0 bridgehead atoms. The van der Waals surface area contributed by atoms with E-state index in [-0.39, 0.29) is 28.8 Å². The topological polar surface area (TPSA) is 55.4 Å². The highest BCUT2D eigenvalue weighted by molar-refractivity contribution is 5.96. The maximum atomic E-state index is 14.6. The first-order valence-corrected chi connectivity index (χ1v) is 8.42. The van der Waals surface area contributed by atoms with Crippen molar-refractivity contribution in [3.05, 3.63) is 58.4 Å². The predicted molar refractivity (Wildman–Crippen MR) is 91.9 cm³/mol. The zero-order chi connectivity index (χ0) is 19.2. The minimum Gasteiger partial charge on any atom is -0.466 e. The lowest BCUT2D eigenvalue weighted by Crippen LogP contribution is -2.44. The molecule has 0 spiro atoms. The second-order valence-electron chi connectivity index (χ2n) is 7.48. The van der Waals surface area contributed by atoms with Crippen LogP contribution in [0.1, 0.15) is 38.7 Å². The molecule has 2 atom stereocenters. The van der Waals surface area contributed by atoms with Gasteiger partial charge < -0.3 is 10.1 Å². The van der Waals surface area contributed by atoms with E-state index < -0.39 is 29.4 Å². The SMILES string of the molecule is COC(=O)C1=C(C)NC2=CC(C)(C)CC(=O)C2C1c1c(F)cccc1F. The number of Topliss-reactive ketones (excluding diaryl/α,β-unsaturated/α-hetero) is 1. The number of rotatable bonds is 2. The molecular formula is C20H21F2NO3. The highest BCUT2D eigenvalue weighted by atomic mass is 19.1. The number of methoxy groups -OCH3 is 1. The van der Waals surface area contributed by atoms with Crippen molar-refractivity contribution in [3.63, 3.8) is 0 Å². The first-order chi connectivity index (χ1) is 12.2. The Morgan fingerprint density at radius 2 is 1.85 bits per heavy atom. The van der Waals surface area contributed by atoms with Gasteiger partial charge in [-0.2, -0.15) is 0 Å². The highest BCUT2D eigenvalue weighted by Gasteiger charge is 2.47. The molecule has 0 saturated heterocycles. The number of carbonyl (C=O) groups is 2. The van der Waals surface area contributed by atoms with Crippen LogP contribution in [0.15, 0.2) is 41.2 Å². The number of carbonyl (C=O) groups excluding carboxylic acids is 2. The van der Waals surface area contributed by atoms with Crippen LogP contribution in [0.25, 0.3) is 0 Å². The molecule has 0 radical (unpaired) electrons. The Labute approximate surface area is 150 Å². The van der Waals surface area contributed by atoms with Gasteiger partial charge in [0.2, 0.25) is 0 Å². The standard InChI is InChI=1S/C20H21F2NO3/c1-10-15(19(25)26-4)18(16-11(21)6-5-7-12(16)22)17-13(23-10)8-20(2,3)9-14(17)24/h5-8,17-18,23H,9H2,1-4H3. The van der Waals surface area contributed by atoms with Crippen LogP contribution in [0, 0.1) is 23.0 Å². The molecule has 1 aromatic rings. The number of nitrogens with one attached hydrogen (secondary N) is 1. The summed E-state index contributed by atoms with van der Waals surface area (Å²) in [7, 11) is 1.20. The normalized spacial score (nSPS) is 24.5. The first-order valence-electron chi connectivity index (χ1n) is 8.42. The number of ether oxygens (including phenoxy) is 1. The second kappa shape index (κ2) is 6.34. The number of allylic oxidation sites excluding steroid dienone is 3. The summed E-state index contributed by atoms with van der Waals surface area (Å²) in [6.45, 7) is 5.48. The van der Waals surface area contributed by atoms with Gasteiger partial charge in [0.25, 0.3) is 0 Å². The van der Waals surface area contributed by atoms with E-state index in [1.807, 2.05) is 19.9 Å². The van der Waals surface area contributed by atoms with Crippen molar-refractivity contribution < 1.29 is 23.1 Å². The van der Waals surface area contributed by atoms with Crippen LogP contribution in [0.2, 0.25) is 0 Å². The largest absolute Gasteiger partial charge is 0.466 e. The fraction of sp³-hybridized carbons (Fsp3) is 0.400. The molecule has 138 valence electrons. The van der Waals surface area contributed by atoms with E-state index in [0.717, 1.165) is 12.1 Å². The van der Waals surface area contributed by atoms with Gasteiger partial charge in [0.05, 0.1) is 18.6 Å². The average molecular weight is 361 g/mol. The van der Waals surface area contributed by atoms with E-state index >= 15 is 0 Å². The van der Waals surface area contributed by atoms with Crippen LogP contribution in [0.3, 0.4) is 0 Å². The van der Waals surface area contributed by atoms with E-state index in [0.29, 0.717) is 11.4 Å². The van der Waals surface area contributed by atoms with E-state index in [2.05, 4.69) is 5.32 Å². The second-order valence-corrected chi connectivity index (χ2v) is 7.48. The van der Waals surface area contributed by atoms with Crippen molar-refractivity contribution >= 4 is 11.8 Å². The Morgan fingerprint density at radius 1 is 1.23 bits per heavy atom. The number of ketones is 1. The van der Waals surface area contributed by atoms with Gasteiger partial charge in [0.15, 0.2) is 0 Å². The van der Waals surface area contributed by atoms with E-state index in [4.69, 9.17) is 4.74 Å². The minimum absolute atomic E-state index is 0.0757. The molecular weight excluding hydrogens is 340 g/mol. The van der Waals surface area contributed by atoms with Gasteiger partial charge >= 0.3 is 5.97 Å². The molecule has 1 heterocycles. The van der Waals surface area contributed by atoms with Gasteiger partial charge in [-0.1, -0.05) is 26.0 Å². The smallest absolute Gasteiger partial charge is 0.336 e. The van der Waals surface area contributed by atoms with Crippen LogP contribution < -0.4 is 5.32 Å². The molecule has 6 heteroatoms. The molecule has 0 amide bonds. The van der Waals surface area contributed by atoms with Gasteiger partial charge in [0, 0.05) is 29.3 Å². The van der Waals surface area contributed by atoms with Crippen molar-refractivity contribution in [2.24, 2.45) is 11.3 Å². The van der Waals surface area contributed by atoms with Crippen LogP contribution in [-0.4, -0.2) is 18.9 Å². The molecule has 26 heavy (non-hydrogen) atoms. The summed E-state index contributed by atoms with van der Waals surface area (Å²) in [5.74, 6) is -4.38. The minimum atomic E-state index is -1.07. The summed E-state index contributed by atoms with van der Waals surface area (Å²) in [5, 5.41) is 3.08. The third-order valence-electron chi connectivity index (χ3n) is 4.95. The zero-order valence-corrected chi connectivity index (χ0v) is 15.2. The highest BCUT2D eigenvalue weighted by Crippen LogP contribution is 2.47. The Bertz CT molecular complexity index is 834. The van der Waals surface area contributed by atoms with Crippen LogP contribution in [-0.2, 0) is 14.3 Å². The molecule has 1 aliphatic heterocycles. The van der Waals surface area contributed by atoms with Gasteiger partial charge in [-0.3, -0.25) is 4.79 Å². The third kappa shape index (κ3) is 2.93. The molecule has 2 unspecified atom stereocenters. The lowest BCUT2D eigenvalue weighted by atomic mass is 9.66. The average Bonchev–Trinajstić information content (AvgIpc) is 2.52. The Balaban J connectivity index is 2.30. The number of hydrogen-bond acceptors (Lipinski definition) is 4. The summed E-state index contributed by atoms with van der Waals surface area (Å²) in [6.07, 6.45) is 2.13. The fourth-order valence-electron chi connectivity index (χ4n) is 3.97. The lowest BCUT2D eigenvalue weighted by Gasteiger charge is -2.41. The number of benzene rings is 1. The van der Waals surface area contributed by atoms with Crippen molar-refractivity contribution in [1.29, 1.82) is 0 Å². The molecule has 1 aliphatic carbocycles. The number of esters is 1. The maximum Gasteiger partial charge on any atom is 0.336 e. The summed E-state index contributed by atoms with van der Waals surface area (Å²) in [4.78, 5) is 25.3. The van der Waals surface area contributed by atoms with E-state index in [1.165, 1.54) is 13.2 Å². The van der Waals surface area contributed by atoms with Gasteiger partial charge in [-0.15, -0.1) is 0 Å². The van der Waals surface area contributed by atoms with Crippen LogP contribution >= 0.6 is 0 Å². The number of fused-ring (bicyclic) bond motifs is 1. The van der Waals surface area contributed by atoms with Crippen LogP contribution in [0.5, 0.6) is 0 Å². The zero-order valence-electron chi connectivity index (χ0n) is 15.2. The Morgan fingerprint density at radius 3 is 2.42 bits per heavy atom. The number of hydrogen-bond donors (Lipinski definition) is 1. The summed E-state index contributed by atoms with van der Waals surface area (Å²) in [5.41, 5.74) is 0.420. The lowest BCUT2D eigenvalue weighted by molar-refractivity contribution is -0.136. The summed E-state index contributed by atoms with van der Waals surface area (Å²) in [6, 6.07) is 3.52. The fourth-order valence-corrected chi connectivity index (χ4v) is 3.97. The van der Waals surface area contributed by atoms with Crippen molar-refractivity contribution in [1.82, 2.24) is 5.32 Å². The van der Waals surface area contributed by atoms with Gasteiger partial charge in [0.1, 0.15) is 17.4 Å². The third-order valence-corrected chi connectivity index (χ3v) is 4.95. The van der Waals surface area contributed by atoms with Crippen molar-refractivity contribution in [2.75, 3.05) is 7.11 Å².